The molecule has 0 spiro atoms. The SMILES string of the molecule is Br.NC(N)=NCc1cnc(-c2ccccc2)s1. The number of nitrogens with zero attached hydrogens (tertiary/aromatic N) is 2. The van der Waals surface area contributed by atoms with Gasteiger partial charge in [0.15, 0.2) is 5.96 Å². The molecule has 90 valence electrons. The van der Waals surface area contributed by atoms with Gasteiger partial charge in [-0.1, -0.05) is 30.3 Å². The Labute approximate surface area is 114 Å². The number of hydrogen-bond donors (Lipinski definition) is 2. The molecule has 0 aliphatic carbocycles. The molecule has 1 heterocycles. The van der Waals surface area contributed by atoms with E-state index in [1.807, 2.05) is 30.3 Å². The van der Waals surface area contributed by atoms with Crippen molar-refractivity contribution in [3.8, 4) is 10.6 Å². The molecule has 4 N–H and O–H groups in total. The third kappa shape index (κ3) is 3.83. The number of thiazole rings is 1. The minimum Gasteiger partial charge on any atom is -0.370 e. The lowest BCUT2D eigenvalue weighted by atomic mass is 10.2. The molecule has 6 heteroatoms. The van der Waals surface area contributed by atoms with Gasteiger partial charge in [0.2, 0.25) is 0 Å². The maximum Gasteiger partial charge on any atom is 0.186 e. The van der Waals surface area contributed by atoms with Crippen LogP contribution in [-0.4, -0.2) is 10.9 Å². The summed E-state index contributed by atoms with van der Waals surface area (Å²) in [6.45, 7) is 0.493. The quantitative estimate of drug-likeness (QED) is 0.673. The second-order valence-corrected chi connectivity index (χ2v) is 4.35. The molecular weight excluding hydrogens is 300 g/mol. The van der Waals surface area contributed by atoms with Gasteiger partial charge in [-0.25, -0.2) is 9.98 Å². The lowest BCUT2D eigenvalue weighted by molar-refractivity contribution is 1.08. The zero-order chi connectivity index (χ0) is 11.4. The molecule has 0 aliphatic heterocycles. The van der Waals surface area contributed by atoms with Gasteiger partial charge in [0.25, 0.3) is 0 Å². The van der Waals surface area contributed by atoms with E-state index in [-0.39, 0.29) is 22.9 Å². The van der Waals surface area contributed by atoms with E-state index in [2.05, 4.69) is 9.98 Å². The smallest absolute Gasteiger partial charge is 0.186 e. The van der Waals surface area contributed by atoms with Crippen molar-refractivity contribution in [2.24, 2.45) is 16.5 Å². The van der Waals surface area contributed by atoms with Gasteiger partial charge in [-0.2, -0.15) is 0 Å². The van der Waals surface area contributed by atoms with Crippen LogP contribution in [0.3, 0.4) is 0 Å². The van der Waals surface area contributed by atoms with E-state index in [1.54, 1.807) is 17.5 Å². The molecule has 0 amide bonds. The number of guanidine groups is 1. The lowest BCUT2D eigenvalue weighted by Gasteiger charge is -1.93. The minimum atomic E-state index is 0. The number of rotatable bonds is 3. The molecule has 0 fully saturated rings. The lowest BCUT2D eigenvalue weighted by Crippen LogP contribution is -2.22. The first kappa shape index (κ1) is 13.7. The monoisotopic (exact) mass is 312 g/mol. The zero-order valence-electron chi connectivity index (χ0n) is 9.04. The molecule has 0 saturated heterocycles. The molecule has 1 aromatic carbocycles. The summed E-state index contributed by atoms with van der Waals surface area (Å²) in [7, 11) is 0. The third-order valence-corrected chi connectivity index (χ3v) is 3.02. The van der Waals surface area contributed by atoms with Crippen molar-refractivity contribution in [1.29, 1.82) is 0 Å². The van der Waals surface area contributed by atoms with Crippen molar-refractivity contribution in [1.82, 2.24) is 4.98 Å². The van der Waals surface area contributed by atoms with Crippen molar-refractivity contribution in [2.75, 3.05) is 0 Å². The minimum absolute atomic E-state index is 0. The van der Waals surface area contributed by atoms with E-state index < -0.39 is 0 Å². The van der Waals surface area contributed by atoms with Crippen LogP contribution in [0.25, 0.3) is 10.6 Å². The van der Waals surface area contributed by atoms with Gasteiger partial charge in [0.1, 0.15) is 5.01 Å². The average molecular weight is 313 g/mol. The molecule has 17 heavy (non-hydrogen) atoms. The zero-order valence-corrected chi connectivity index (χ0v) is 11.6. The van der Waals surface area contributed by atoms with Crippen molar-refractivity contribution in [2.45, 2.75) is 6.54 Å². The van der Waals surface area contributed by atoms with Gasteiger partial charge in [0, 0.05) is 16.6 Å². The summed E-state index contributed by atoms with van der Waals surface area (Å²) >= 11 is 1.60. The van der Waals surface area contributed by atoms with Crippen molar-refractivity contribution in [3.63, 3.8) is 0 Å². The van der Waals surface area contributed by atoms with E-state index >= 15 is 0 Å². The van der Waals surface area contributed by atoms with E-state index in [9.17, 15) is 0 Å². The molecule has 1 aromatic heterocycles. The molecule has 2 rings (SSSR count). The summed E-state index contributed by atoms with van der Waals surface area (Å²) in [5.41, 5.74) is 11.7. The fourth-order valence-corrected chi connectivity index (χ4v) is 2.11. The number of halogens is 1. The van der Waals surface area contributed by atoms with Crippen LogP contribution in [0.2, 0.25) is 0 Å². The Morgan fingerprint density at radius 1 is 1.24 bits per heavy atom. The Hall–Kier alpha value is -1.40. The van der Waals surface area contributed by atoms with Gasteiger partial charge in [-0.15, -0.1) is 28.3 Å². The Kier molecular flexibility index (Phi) is 5.11. The number of benzene rings is 1. The van der Waals surface area contributed by atoms with E-state index in [0.717, 1.165) is 15.4 Å². The summed E-state index contributed by atoms with van der Waals surface area (Å²) in [6, 6.07) is 10.0. The molecule has 4 nitrogen and oxygen atoms in total. The van der Waals surface area contributed by atoms with Gasteiger partial charge >= 0.3 is 0 Å². The van der Waals surface area contributed by atoms with Crippen LogP contribution in [0.4, 0.5) is 0 Å². The van der Waals surface area contributed by atoms with Gasteiger partial charge in [-0.3, -0.25) is 0 Å². The average Bonchev–Trinajstić information content (AvgIpc) is 2.76. The number of aliphatic imine (C=N–C) groups is 1. The van der Waals surface area contributed by atoms with E-state index in [1.165, 1.54) is 0 Å². The van der Waals surface area contributed by atoms with Gasteiger partial charge in [-0.05, 0) is 0 Å². The van der Waals surface area contributed by atoms with E-state index in [4.69, 9.17) is 11.5 Å². The predicted octanol–water partition coefficient (Wildman–Crippen LogP) is 2.16. The molecular formula is C11H13BrN4S. The summed E-state index contributed by atoms with van der Waals surface area (Å²) in [4.78, 5) is 9.32. The molecule has 2 aromatic rings. The predicted molar refractivity (Wildman–Crippen MR) is 77.4 cm³/mol. The fourth-order valence-electron chi connectivity index (χ4n) is 1.26. The van der Waals surface area contributed by atoms with Crippen LogP contribution in [0.1, 0.15) is 4.88 Å². The van der Waals surface area contributed by atoms with E-state index in [0.29, 0.717) is 6.54 Å². The summed E-state index contributed by atoms with van der Waals surface area (Å²) in [5.74, 6) is 0.106. The molecule has 0 unspecified atom stereocenters. The highest BCUT2D eigenvalue weighted by atomic mass is 79.9. The third-order valence-electron chi connectivity index (χ3n) is 1.99. The molecule has 0 aliphatic rings. The first-order chi connectivity index (χ1) is 7.75. The first-order valence-electron chi connectivity index (χ1n) is 4.81. The highest BCUT2D eigenvalue weighted by Gasteiger charge is 2.03. The summed E-state index contributed by atoms with van der Waals surface area (Å²) in [6.07, 6.45) is 1.80. The van der Waals surface area contributed by atoms with Crippen molar-refractivity contribution in [3.05, 3.63) is 41.4 Å². The van der Waals surface area contributed by atoms with Crippen LogP contribution in [0.5, 0.6) is 0 Å². The van der Waals surface area contributed by atoms with Crippen LogP contribution < -0.4 is 11.5 Å². The fraction of sp³-hybridized carbons (Fsp3) is 0.0909. The molecule has 0 saturated carbocycles. The Morgan fingerprint density at radius 2 is 1.94 bits per heavy atom. The normalized spacial score (nSPS) is 9.41. The van der Waals surface area contributed by atoms with Gasteiger partial charge in [0.05, 0.1) is 6.54 Å². The second-order valence-electron chi connectivity index (χ2n) is 3.24. The van der Waals surface area contributed by atoms with Crippen molar-refractivity contribution < 1.29 is 0 Å². The second kappa shape index (κ2) is 6.36. The standard InChI is InChI=1S/C11H12N4S.BrH/c12-11(13)15-7-9-6-14-10(16-9)8-4-2-1-3-5-8;/h1-6H,7H2,(H4,12,13,15);1H. The van der Waals surface area contributed by atoms with Crippen LogP contribution >= 0.6 is 28.3 Å². The maximum absolute atomic E-state index is 5.27. The van der Waals surface area contributed by atoms with Gasteiger partial charge < -0.3 is 11.5 Å². The highest BCUT2D eigenvalue weighted by Crippen LogP contribution is 2.24. The number of aromatic nitrogens is 1. The molecule has 0 bridgehead atoms. The van der Waals surface area contributed by atoms with Crippen LogP contribution in [0, 0.1) is 0 Å². The largest absolute Gasteiger partial charge is 0.370 e. The van der Waals surface area contributed by atoms with Crippen LogP contribution in [-0.2, 0) is 6.54 Å². The summed E-state index contributed by atoms with van der Waals surface area (Å²) in [5, 5.41) is 0.987. The first-order valence-corrected chi connectivity index (χ1v) is 5.63. The Bertz CT molecular complexity index is 491. The number of hydrogen-bond acceptors (Lipinski definition) is 3. The van der Waals surface area contributed by atoms with Crippen molar-refractivity contribution >= 4 is 34.3 Å². The number of nitrogens with two attached hydrogens (primary N) is 2. The molecule has 0 atom stereocenters. The maximum atomic E-state index is 5.27. The topological polar surface area (TPSA) is 77.3 Å². The highest BCUT2D eigenvalue weighted by molar-refractivity contribution is 8.93. The summed E-state index contributed by atoms with van der Waals surface area (Å²) < 4.78 is 0. The molecule has 0 radical (unpaired) electrons. The van der Waals surface area contributed by atoms with Crippen LogP contribution in [0.15, 0.2) is 41.5 Å². The Balaban J connectivity index is 0.00000144. The Morgan fingerprint density at radius 3 is 2.59 bits per heavy atom.